The van der Waals surface area contributed by atoms with E-state index in [1.165, 1.54) is 6.08 Å². The molecule has 6 N–H and O–H groups in total. The minimum absolute atomic E-state index is 0.0402. The summed E-state index contributed by atoms with van der Waals surface area (Å²) in [5.41, 5.74) is 3.72. The fraction of sp³-hybridized carbons (Fsp3) is 0.722. The first-order valence-corrected chi connectivity index (χ1v) is 8.49. The van der Waals surface area contributed by atoms with E-state index >= 15 is 0 Å². The molecule has 0 saturated carbocycles. The van der Waals surface area contributed by atoms with Crippen LogP contribution in [-0.2, 0) is 4.79 Å². The molecule has 0 radical (unpaired) electrons. The molecule has 0 aromatic heterocycles. The molecule has 0 bridgehead atoms. The standard InChI is InChI=1S/C18H32N2O4/c1-17(2,11-13(19)7-5-4-6-10-20-3)12-18(24)15(22)9-8-14(21)16(18)23/h4-5,8-9,13-14,16,20-21,23-24H,6-7,10-12,19H2,1-3H3/b5-4-/t13?,14-,16+,18-/m0/s1. The number of hydrogen-bond acceptors (Lipinski definition) is 6. The Labute approximate surface area is 144 Å². The van der Waals surface area contributed by atoms with Crippen LogP contribution >= 0.6 is 0 Å². The number of hydrogen-bond donors (Lipinski definition) is 5. The van der Waals surface area contributed by atoms with Crippen LogP contribution in [0.15, 0.2) is 24.3 Å². The van der Waals surface area contributed by atoms with E-state index < -0.39 is 29.0 Å². The normalized spacial score (nSPS) is 29.4. The lowest BCUT2D eigenvalue weighted by Crippen LogP contribution is -2.58. The Balaban J connectivity index is 2.63. The lowest BCUT2D eigenvalue weighted by molar-refractivity contribution is -0.164. The number of ketones is 1. The van der Waals surface area contributed by atoms with Gasteiger partial charge in [-0.1, -0.05) is 26.0 Å². The van der Waals surface area contributed by atoms with Gasteiger partial charge >= 0.3 is 0 Å². The molecule has 1 aliphatic carbocycles. The van der Waals surface area contributed by atoms with E-state index in [0.717, 1.165) is 19.0 Å². The number of aliphatic hydroxyl groups is 3. The van der Waals surface area contributed by atoms with Crippen LogP contribution in [0.3, 0.4) is 0 Å². The van der Waals surface area contributed by atoms with Gasteiger partial charge in [-0.05, 0) is 56.8 Å². The van der Waals surface area contributed by atoms with Crippen LogP contribution in [0.1, 0.15) is 39.5 Å². The topological polar surface area (TPSA) is 116 Å². The monoisotopic (exact) mass is 340 g/mol. The number of nitrogens with one attached hydrogen (secondary N) is 1. The predicted octanol–water partition coefficient (Wildman–Crippen LogP) is 0.268. The minimum Gasteiger partial charge on any atom is -0.387 e. The Morgan fingerprint density at radius 2 is 2.08 bits per heavy atom. The molecule has 1 rings (SSSR count). The number of rotatable bonds is 9. The SMILES string of the molecule is CNCC/C=C\CC(N)CC(C)(C)C[C@]1(O)C(=O)C=C[C@H](O)[C@H]1O. The highest BCUT2D eigenvalue weighted by molar-refractivity contribution is 5.98. The third-order valence-electron chi connectivity index (χ3n) is 4.41. The second-order valence-corrected chi connectivity index (χ2v) is 7.49. The average Bonchev–Trinajstić information content (AvgIpc) is 2.48. The van der Waals surface area contributed by atoms with E-state index in [1.54, 1.807) is 0 Å². The van der Waals surface area contributed by atoms with Crippen LogP contribution in [0.2, 0.25) is 0 Å². The Hall–Kier alpha value is -1.05. The molecule has 0 aliphatic heterocycles. The maximum absolute atomic E-state index is 12.1. The lowest BCUT2D eigenvalue weighted by Gasteiger charge is -2.41. The summed E-state index contributed by atoms with van der Waals surface area (Å²) in [5.74, 6) is -0.575. The van der Waals surface area contributed by atoms with Crippen LogP contribution in [-0.4, -0.2) is 58.5 Å². The molecule has 1 unspecified atom stereocenters. The minimum atomic E-state index is -1.97. The van der Waals surface area contributed by atoms with E-state index in [1.807, 2.05) is 27.0 Å². The fourth-order valence-corrected chi connectivity index (χ4v) is 3.27. The van der Waals surface area contributed by atoms with E-state index in [-0.39, 0.29) is 12.5 Å². The van der Waals surface area contributed by atoms with Gasteiger partial charge in [-0.15, -0.1) is 0 Å². The molecule has 6 nitrogen and oxygen atoms in total. The zero-order chi connectivity index (χ0) is 18.4. The number of carbonyl (C=O) groups excluding carboxylic acids is 1. The van der Waals surface area contributed by atoms with Crippen LogP contribution in [0.25, 0.3) is 0 Å². The Morgan fingerprint density at radius 1 is 1.42 bits per heavy atom. The van der Waals surface area contributed by atoms with Gasteiger partial charge in [-0.3, -0.25) is 4.79 Å². The first-order valence-electron chi connectivity index (χ1n) is 8.49. The lowest BCUT2D eigenvalue weighted by atomic mass is 9.70. The van der Waals surface area contributed by atoms with Gasteiger partial charge in [0.25, 0.3) is 0 Å². The van der Waals surface area contributed by atoms with Gasteiger partial charge in [0, 0.05) is 6.04 Å². The van der Waals surface area contributed by atoms with Crippen LogP contribution in [0, 0.1) is 5.41 Å². The Bertz CT molecular complexity index is 476. The highest BCUT2D eigenvalue weighted by Gasteiger charge is 2.50. The smallest absolute Gasteiger partial charge is 0.189 e. The van der Waals surface area contributed by atoms with Crippen molar-refractivity contribution in [3.8, 4) is 0 Å². The quantitative estimate of drug-likeness (QED) is 0.304. The molecule has 0 aromatic rings. The average molecular weight is 340 g/mol. The van der Waals surface area contributed by atoms with Crippen molar-refractivity contribution in [1.29, 1.82) is 0 Å². The molecular formula is C18H32N2O4. The first-order chi connectivity index (χ1) is 11.1. The van der Waals surface area contributed by atoms with Crippen LogP contribution in [0.5, 0.6) is 0 Å². The number of nitrogens with two attached hydrogens (primary N) is 1. The summed E-state index contributed by atoms with van der Waals surface area (Å²) in [6, 6.07) is -0.106. The molecule has 0 heterocycles. The zero-order valence-corrected chi connectivity index (χ0v) is 14.9. The van der Waals surface area contributed by atoms with Crippen molar-refractivity contribution in [2.45, 2.75) is 63.4 Å². The molecule has 0 amide bonds. The second kappa shape index (κ2) is 8.87. The molecule has 0 saturated heterocycles. The summed E-state index contributed by atoms with van der Waals surface area (Å²) in [5, 5.41) is 33.5. The van der Waals surface area contributed by atoms with Crippen molar-refractivity contribution in [1.82, 2.24) is 5.32 Å². The van der Waals surface area contributed by atoms with Gasteiger partial charge in [-0.25, -0.2) is 0 Å². The molecule has 6 heteroatoms. The second-order valence-electron chi connectivity index (χ2n) is 7.49. The van der Waals surface area contributed by atoms with E-state index in [9.17, 15) is 20.1 Å². The molecule has 4 atom stereocenters. The maximum atomic E-state index is 12.1. The summed E-state index contributed by atoms with van der Waals surface area (Å²) in [7, 11) is 1.90. The molecular weight excluding hydrogens is 308 g/mol. The summed E-state index contributed by atoms with van der Waals surface area (Å²) >= 11 is 0. The molecule has 0 fully saturated rings. The van der Waals surface area contributed by atoms with Gasteiger partial charge in [0.1, 0.15) is 12.2 Å². The molecule has 0 aromatic carbocycles. The van der Waals surface area contributed by atoms with Crippen molar-refractivity contribution < 1.29 is 20.1 Å². The predicted molar refractivity (Wildman–Crippen MR) is 94.4 cm³/mol. The summed E-state index contributed by atoms with van der Waals surface area (Å²) in [6.07, 6.45) is 5.98. The van der Waals surface area contributed by atoms with Gasteiger partial charge in [0.2, 0.25) is 0 Å². The fourth-order valence-electron chi connectivity index (χ4n) is 3.27. The van der Waals surface area contributed by atoms with E-state index in [0.29, 0.717) is 12.8 Å². The molecule has 1 aliphatic rings. The van der Waals surface area contributed by atoms with Gasteiger partial charge in [0.05, 0.1) is 0 Å². The van der Waals surface area contributed by atoms with E-state index in [4.69, 9.17) is 5.73 Å². The highest BCUT2D eigenvalue weighted by Crippen LogP contribution is 2.37. The Kier molecular flexibility index (Phi) is 7.76. The summed E-state index contributed by atoms with van der Waals surface area (Å²) in [6.45, 7) is 4.72. The summed E-state index contributed by atoms with van der Waals surface area (Å²) < 4.78 is 0. The van der Waals surface area contributed by atoms with Gasteiger partial charge in [0.15, 0.2) is 11.4 Å². The zero-order valence-electron chi connectivity index (χ0n) is 14.9. The van der Waals surface area contributed by atoms with Crippen LogP contribution < -0.4 is 11.1 Å². The van der Waals surface area contributed by atoms with Crippen molar-refractivity contribution in [2.75, 3.05) is 13.6 Å². The van der Waals surface area contributed by atoms with Gasteiger partial charge < -0.3 is 26.4 Å². The Morgan fingerprint density at radius 3 is 2.71 bits per heavy atom. The number of aliphatic hydroxyl groups excluding tert-OH is 2. The first kappa shape index (κ1) is 21.0. The largest absolute Gasteiger partial charge is 0.387 e. The third kappa shape index (κ3) is 5.79. The van der Waals surface area contributed by atoms with Gasteiger partial charge in [-0.2, -0.15) is 0 Å². The molecule has 138 valence electrons. The van der Waals surface area contributed by atoms with Crippen molar-refractivity contribution >= 4 is 5.78 Å². The van der Waals surface area contributed by atoms with E-state index in [2.05, 4.69) is 11.4 Å². The molecule has 24 heavy (non-hydrogen) atoms. The number of carbonyl (C=O) groups is 1. The van der Waals surface area contributed by atoms with Crippen molar-refractivity contribution in [2.24, 2.45) is 11.1 Å². The molecule has 0 spiro atoms. The maximum Gasteiger partial charge on any atom is 0.189 e. The van der Waals surface area contributed by atoms with Crippen LogP contribution in [0.4, 0.5) is 0 Å². The third-order valence-corrected chi connectivity index (χ3v) is 4.41. The van der Waals surface area contributed by atoms with Crippen molar-refractivity contribution in [3.63, 3.8) is 0 Å². The van der Waals surface area contributed by atoms with Crippen molar-refractivity contribution in [3.05, 3.63) is 24.3 Å². The summed E-state index contributed by atoms with van der Waals surface area (Å²) in [4.78, 5) is 12.1. The highest BCUT2D eigenvalue weighted by atomic mass is 16.4.